The first-order valence-corrected chi connectivity index (χ1v) is 24.9. The number of aliphatic hydroxyl groups is 1. The van der Waals surface area contributed by atoms with Gasteiger partial charge in [0, 0.05) is 41.4 Å². The standard InChI is InChI=1S/C43H60BrN11O10S2/c1-21(2)35-43(65)53-32(42(64)55-36(22(3)56)37(47)59)20-67-66-19-31(49-34(58)17-46)41(63)51-29(15-23-11-12-33(57)26(44)14-23)39(61)52-30(16-24-18-48-27-9-5-4-8-25(24)27)40(62)50-28(38(60)54-35)10-6-7-13-45/h4-5,8-9,11-12,14,18,21-22,28-32,35-36,48,56-57H,6-7,10,13,15-17,19-20,45-46H2,1-3H3,(H2,47,59)(H,49,58)(H,50,62)(H,51,63)(H,52,61)(H,53,65)(H,54,60)(H,55,64)/t22?,28-,29-,30+,31+,32+,35?,36?/m0/s1. The summed E-state index contributed by atoms with van der Waals surface area (Å²) in [6.07, 6.45) is 0.980. The lowest BCUT2D eigenvalue weighted by molar-refractivity contribution is -0.136. The lowest BCUT2D eigenvalue weighted by Crippen LogP contribution is -2.62. The molecule has 24 heteroatoms. The summed E-state index contributed by atoms with van der Waals surface area (Å²) in [5.74, 6) is -7.62. The smallest absolute Gasteiger partial charge is 0.244 e. The molecule has 8 amide bonds. The van der Waals surface area contributed by atoms with Gasteiger partial charge in [-0.25, -0.2) is 0 Å². The number of nitrogens with two attached hydrogens (primary N) is 3. The molecule has 1 aliphatic rings. The molecule has 1 saturated heterocycles. The number of primary amides is 1. The van der Waals surface area contributed by atoms with Crippen molar-refractivity contribution in [3.05, 3.63) is 64.3 Å². The van der Waals surface area contributed by atoms with Gasteiger partial charge in [0.1, 0.15) is 48.0 Å². The summed E-state index contributed by atoms with van der Waals surface area (Å²) in [5, 5.41) is 39.7. The minimum absolute atomic E-state index is 0.0754. The Hall–Kier alpha value is -5.40. The van der Waals surface area contributed by atoms with Crippen molar-refractivity contribution < 1.29 is 48.6 Å². The van der Waals surface area contributed by atoms with Crippen molar-refractivity contribution in [1.29, 1.82) is 0 Å². The van der Waals surface area contributed by atoms with Crippen LogP contribution in [-0.2, 0) is 51.2 Å². The highest BCUT2D eigenvalue weighted by atomic mass is 79.9. The summed E-state index contributed by atoms with van der Waals surface area (Å²) in [5.41, 5.74) is 18.7. The number of fused-ring (bicyclic) bond motifs is 1. The Balaban J connectivity index is 1.83. The maximum Gasteiger partial charge on any atom is 0.244 e. The number of aromatic amines is 1. The van der Waals surface area contributed by atoms with Gasteiger partial charge in [-0.05, 0) is 83.9 Å². The number of phenols is 1. The van der Waals surface area contributed by atoms with Gasteiger partial charge in [0.2, 0.25) is 47.3 Å². The van der Waals surface area contributed by atoms with Gasteiger partial charge in [-0.1, -0.05) is 59.7 Å². The van der Waals surface area contributed by atoms with Crippen molar-refractivity contribution in [2.45, 2.75) is 101 Å². The number of para-hydroxylation sites is 1. The van der Waals surface area contributed by atoms with E-state index in [1.54, 1.807) is 32.2 Å². The van der Waals surface area contributed by atoms with E-state index < -0.39 is 108 Å². The van der Waals surface area contributed by atoms with Gasteiger partial charge >= 0.3 is 0 Å². The molecule has 1 aliphatic heterocycles. The highest BCUT2D eigenvalue weighted by molar-refractivity contribution is 9.10. The average molecular weight is 1040 g/mol. The third-order valence-electron chi connectivity index (χ3n) is 10.8. The Bertz CT molecular complexity index is 2250. The Morgan fingerprint density at radius 3 is 2.10 bits per heavy atom. The van der Waals surface area contributed by atoms with E-state index in [0.717, 1.165) is 32.5 Å². The molecule has 3 unspecified atom stereocenters. The van der Waals surface area contributed by atoms with E-state index in [4.69, 9.17) is 17.2 Å². The fraction of sp³-hybridized carbons (Fsp3) is 0.488. The van der Waals surface area contributed by atoms with E-state index in [9.17, 15) is 48.6 Å². The van der Waals surface area contributed by atoms with Crippen LogP contribution < -0.4 is 54.4 Å². The third kappa shape index (κ3) is 16.1. The van der Waals surface area contributed by atoms with E-state index >= 15 is 0 Å². The summed E-state index contributed by atoms with van der Waals surface area (Å²) >= 11 is 3.28. The number of hydrogen-bond acceptors (Lipinski definition) is 14. The van der Waals surface area contributed by atoms with Crippen molar-refractivity contribution >= 4 is 95.7 Å². The van der Waals surface area contributed by atoms with Gasteiger partial charge in [-0.2, -0.15) is 0 Å². The second-order valence-corrected chi connectivity index (χ2v) is 19.7. The predicted octanol–water partition coefficient (Wildman–Crippen LogP) is -1.18. The zero-order valence-electron chi connectivity index (χ0n) is 37.3. The average Bonchev–Trinajstić information content (AvgIpc) is 3.69. The van der Waals surface area contributed by atoms with Gasteiger partial charge in [-0.15, -0.1) is 0 Å². The van der Waals surface area contributed by atoms with E-state index in [0.29, 0.717) is 28.4 Å². The van der Waals surface area contributed by atoms with E-state index in [1.807, 2.05) is 24.3 Å². The predicted molar refractivity (Wildman–Crippen MR) is 258 cm³/mol. The number of phenolic OH excluding ortho intramolecular Hbond substituents is 1. The lowest BCUT2D eigenvalue weighted by Gasteiger charge is -2.29. The quantitative estimate of drug-likeness (QED) is 0.0630. The van der Waals surface area contributed by atoms with E-state index in [-0.39, 0.29) is 43.1 Å². The molecule has 366 valence electrons. The van der Waals surface area contributed by atoms with Crippen LogP contribution in [0.5, 0.6) is 5.75 Å². The molecular formula is C43H60BrN11O10S2. The second kappa shape index (κ2) is 26.2. The molecule has 0 saturated carbocycles. The number of carbonyl (C=O) groups is 8. The number of rotatable bonds is 15. The fourth-order valence-electron chi connectivity index (χ4n) is 7.02. The zero-order valence-corrected chi connectivity index (χ0v) is 40.5. The SMILES string of the molecule is CC(C)C1NC(=O)[C@H](CCCCN)NC(=O)[C@@H](Cc2c[nH]c3ccccc23)NC(=O)[C@H](Cc2ccc(O)c(Br)c2)NC(=O)[C@H](NC(=O)CN)CSSC[C@H](C(=O)NC(C(N)=O)C(C)O)NC1=O. The Morgan fingerprint density at radius 2 is 1.46 bits per heavy atom. The highest BCUT2D eigenvalue weighted by Gasteiger charge is 2.36. The van der Waals surface area contributed by atoms with Crippen LogP contribution in [0.4, 0.5) is 0 Å². The van der Waals surface area contributed by atoms with Crippen LogP contribution in [0.3, 0.4) is 0 Å². The Kier molecular flexibility index (Phi) is 21.2. The van der Waals surface area contributed by atoms with Crippen molar-refractivity contribution in [3.63, 3.8) is 0 Å². The number of nitrogens with one attached hydrogen (secondary N) is 8. The Labute approximate surface area is 403 Å². The van der Waals surface area contributed by atoms with Crippen LogP contribution in [0.1, 0.15) is 51.2 Å². The van der Waals surface area contributed by atoms with Crippen LogP contribution in [-0.4, -0.2) is 135 Å². The van der Waals surface area contributed by atoms with E-state index in [1.165, 1.54) is 13.0 Å². The molecular weight excluding hydrogens is 975 g/mol. The molecule has 1 aromatic heterocycles. The molecule has 21 nitrogen and oxygen atoms in total. The summed E-state index contributed by atoms with van der Waals surface area (Å²) < 4.78 is 0.305. The van der Waals surface area contributed by atoms with Crippen molar-refractivity contribution in [2.24, 2.45) is 23.1 Å². The van der Waals surface area contributed by atoms with Crippen molar-refractivity contribution in [2.75, 3.05) is 24.6 Å². The summed E-state index contributed by atoms with van der Waals surface area (Å²) in [6, 6.07) is 2.24. The Morgan fingerprint density at radius 1 is 0.821 bits per heavy atom. The van der Waals surface area contributed by atoms with Crippen LogP contribution in [0.15, 0.2) is 53.1 Å². The van der Waals surface area contributed by atoms with Crippen molar-refractivity contribution in [3.8, 4) is 5.75 Å². The maximum atomic E-state index is 14.6. The molecule has 4 rings (SSSR count). The number of aliphatic hydroxyl groups excluding tert-OH is 1. The number of aromatic nitrogens is 1. The van der Waals surface area contributed by atoms with Crippen LogP contribution in [0, 0.1) is 5.92 Å². The zero-order chi connectivity index (χ0) is 49.4. The monoisotopic (exact) mass is 1030 g/mol. The molecule has 2 aromatic carbocycles. The second-order valence-electron chi connectivity index (χ2n) is 16.3. The first-order chi connectivity index (χ1) is 31.8. The first-order valence-electron chi connectivity index (χ1n) is 21.6. The maximum absolute atomic E-state index is 14.6. The number of H-pyrrole nitrogens is 1. The number of carbonyl (C=O) groups excluding carboxylic acids is 8. The van der Waals surface area contributed by atoms with Gasteiger partial charge in [0.25, 0.3) is 0 Å². The van der Waals surface area contributed by atoms with Crippen LogP contribution in [0.25, 0.3) is 10.9 Å². The number of halogens is 1. The lowest BCUT2D eigenvalue weighted by atomic mass is 10.00. The van der Waals surface area contributed by atoms with Gasteiger partial charge < -0.3 is 69.6 Å². The number of benzene rings is 2. The number of hydrogen-bond donors (Lipinski definition) is 13. The van der Waals surface area contributed by atoms with Crippen LogP contribution >= 0.6 is 37.5 Å². The van der Waals surface area contributed by atoms with Gasteiger partial charge in [-0.3, -0.25) is 38.4 Å². The van der Waals surface area contributed by atoms with Gasteiger partial charge in [0.05, 0.1) is 17.1 Å². The molecule has 3 aromatic rings. The minimum Gasteiger partial charge on any atom is -0.507 e. The molecule has 0 bridgehead atoms. The normalized spacial score (nSPS) is 22.6. The molecule has 1 fully saturated rings. The fourth-order valence-corrected chi connectivity index (χ4v) is 9.77. The van der Waals surface area contributed by atoms with E-state index in [2.05, 4.69) is 58.1 Å². The summed E-state index contributed by atoms with van der Waals surface area (Å²) in [6.45, 7) is 4.34. The summed E-state index contributed by atoms with van der Waals surface area (Å²) in [7, 11) is 2.01. The largest absolute Gasteiger partial charge is 0.507 e. The highest BCUT2D eigenvalue weighted by Crippen LogP contribution is 2.26. The molecule has 0 aliphatic carbocycles. The topological polar surface area (TPSA) is 355 Å². The van der Waals surface area contributed by atoms with Gasteiger partial charge in [0.15, 0.2) is 0 Å². The first kappa shape index (κ1) is 54.2. The number of unbranched alkanes of at least 4 members (excludes halogenated alkanes) is 1. The molecule has 2 heterocycles. The number of aromatic hydroxyl groups is 1. The molecule has 16 N–H and O–H groups in total. The molecule has 0 spiro atoms. The number of amides is 8. The third-order valence-corrected chi connectivity index (χ3v) is 13.8. The molecule has 8 atom stereocenters. The van der Waals surface area contributed by atoms with Crippen LogP contribution in [0.2, 0.25) is 0 Å². The van der Waals surface area contributed by atoms with Crippen molar-refractivity contribution in [1.82, 2.24) is 42.2 Å². The minimum atomic E-state index is -1.53. The molecule has 67 heavy (non-hydrogen) atoms. The molecule has 0 radical (unpaired) electrons. The summed E-state index contributed by atoms with van der Waals surface area (Å²) in [4.78, 5) is 113.